The first-order chi connectivity index (χ1) is 10.0. The normalized spacial score (nSPS) is 36.7. The van der Waals surface area contributed by atoms with Crippen molar-refractivity contribution in [2.75, 3.05) is 5.73 Å². The Morgan fingerprint density at radius 1 is 1.19 bits per heavy atom. The minimum atomic E-state index is 0.0224. The highest BCUT2D eigenvalue weighted by Gasteiger charge is 2.51. The fourth-order valence-electron chi connectivity index (χ4n) is 5.40. The number of aryl methyl sites for hydroxylation is 1. The van der Waals surface area contributed by atoms with Crippen LogP contribution in [0.25, 0.3) is 0 Å². The summed E-state index contributed by atoms with van der Waals surface area (Å²) in [5.74, 6) is 2.95. The highest BCUT2D eigenvalue weighted by Crippen LogP contribution is 2.55. The van der Waals surface area contributed by atoms with Crippen molar-refractivity contribution in [1.82, 2.24) is 10.3 Å². The van der Waals surface area contributed by atoms with Gasteiger partial charge in [0.25, 0.3) is 5.91 Å². The lowest BCUT2D eigenvalue weighted by Crippen LogP contribution is -2.59. The van der Waals surface area contributed by atoms with Crippen LogP contribution in [-0.4, -0.2) is 16.4 Å². The number of rotatable bonds is 2. The standard InChI is InChI=1S/C17H23N3O/c1-10-2-14(6-15(18)19-10)16(21)20-17-7-11-3-12(8-17)5-13(4-11)9-17/h2,6,11-13H,3-5,7-9H2,1H3,(H2,18,19)(H,20,21). The predicted octanol–water partition coefficient (Wildman–Crippen LogP) is 2.67. The van der Waals surface area contributed by atoms with Crippen molar-refractivity contribution in [2.45, 2.75) is 51.0 Å². The van der Waals surface area contributed by atoms with E-state index >= 15 is 0 Å². The van der Waals surface area contributed by atoms with Crippen LogP contribution in [0.3, 0.4) is 0 Å². The van der Waals surface area contributed by atoms with Crippen molar-refractivity contribution in [3.05, 3.63) is 23.4 Å². The Bertz CT molecular complexity index is 540. The number of nitrogens with zero attached hydrogens (tertiary/aromatic N) is 1. The highest BCUT2D eigenvalue weighted by molar-refractivity contribution is 5.95. The van der Waals surface area contributed by atoms with Crippen molar-refractivity contribution in [1.29, 1.82) is 0 Å². The third kappa shape index (κ3) is 2.30. The van der Waals surface area contributed by atoms with Gasteiger partial charge in [0.15, 0.2) is 0 Å². The summed E-state index contributed by atoms with van der Waals surface area (Å²) in [6, 6.07) is 3.51. The van der Waals surface area contributed by atoms with E-state index in [2.05, 4.69) is 10.3 Å². The van der Waals surface area contributed by atoms with Crippen molar-refractivity contribution < 1.29 is 4.79 Å². The summed E-state index contributed by atoms with van der Waals surface area (Å²) in [7, 11) is 0. The van der Waals surface area contributed by atoms with Gasteiger partial charge in [-0.05, 0) is 75.3 Å². The monoisotopic (exact) mass is 285 g/mol. The Morgan fingerprint density at radius 2 is 1.76 bits per heavy atom. The number of hydrogen-bond donors (Lipinski definition) is 2. The SMILES string of the molecule is Cc1cc(C(=O)NC23CC4CC(CC(C4)C2)C3)cc(N)n1. The Hall–Kier alpha value is -1.58. The fourth-order valence-corrected chi connectivity index (χ4v) is 5.40. The maximum absolute atomic E-state index is 12.6. The number of hydrogen-bond acceptors (Lipinski definition) is 3. The molecule has 0 aliphatic heterocycles. The topological polar surface area (TPSA) is 68.0 Å². The zero-order valence-corrected chi connectivity index (χ0v) is 12.6. The highest BCUT2D eigenvalue weighted by atomic mass is 16.1. The van der Waals surface area contributed by atoms with Crippen molar-refractivity contribution in [3.8, 4) is 0 Å². The van der Waals surface area contributed by atoms with Gasteiger partial charge in [-0.1, -0.05) is 0 Å². The van der Waals surface area contributed by atoms with Crippen LogP contribution in [0.15, 0.2) is 12.1 Å². The van der Waals surface area contributed by atoms with Crippen LogP contribution in [0.5, 0.6) is 0 Å². The number of amides is 1. The van der Waals surface area contributed by atoms with Gasteiger partial charge >= 0.3 is 0 Å². The van der Waals surface area contributed by atoms with Gasteiger partial charge in [-0.25, -0.2) is 4.98 Å². The minimum Gasteiger partial charge on any atom is -0.384 e. The van der Waals surface area contributed by atoms with Gasteiger partial charge in [0.05, 0.1) is 0 Å². The van der Waals surface area contributed by atoms with Gasteiger partial charge in [-0.15, -0.1) is 0 Å². The van der Waals surface area contributed by atoms with Gasteiger partial charge in [-0.3, -0.25) is 4.79 Å². The number of nitrogen functional groups attached to an aromatic ring is 1. The number of carbonyl (C=O) groups excluding carboxylic acids is 1. The summed E-state index contributed by atoms with van der Waals surface area (Å²) in [5.41, 5.74) is 7.27. The lowest BCUT2D eigenvalue weighted by molar-refractivity contribution is -0.0167. The van der Waals surface area contributed by atoms with Crippen molar-refractivity contribution >= 4 is 11.7 Å². The molecule has 0 aromatic carbocycles. The largest absolute Gasteiger partial charge is 0.384 e. The summed E-state index contributed by atoms with van der Waals surface area (Å²) in [6.45, 7) is 1.87. The molecule has 3 N–H and O–H groups in total. The lowest BCUT2D eigenvalue weighted by atomic mass is 9.53. The lowest BCUT2D eigenvalue weighted by Gasteiger charge is -2.56. The maximum atomic E-state index is 12.6. The third-order valence-electron chi connectivity index (χ3n) is 5.65. The number of carbonyl (C=O) groups is 1. The molecule has 4 aliphatic rings. The zero-order chi connectivity index (χ0) is 14.6. The second-order valence-corrected chi connectivity index (χ2v) is 7.57. The van der Waals surface area contributed by atoms with E-state index in [0.29, 0.717) is 11.4 Å². The number of nitrogens with one attached hydrogen (secondary N) is 1. The molecule has 4 saturated carbocycles. The molecule has 4 heteroatoms. The van der Waals surface area contributed by atoms with Gasteiger partial charge in [0.2, 0.25) is 0 Å². The molecule has 112 valence electrons. The molecule has 0 saturated heterocycles. The van der Waals surface area contributed by atoms with Crippen LogP contribution in [0.2, 0.25) is 0 Å². The molecule has 1 heterocycles. The molecule has 0 unspecified atom stereocenters. The molecule has 0 radical (unpaired) electrons. The molecule has 1 aromatic rings. The van der Waals surface area contributed by atoms with Gasteiger partial charge in [0.1, 0.15) is 5.82 Å². The molecule has 0 atom stereocenters. The smallest absolute Gasteiger partial charge is 0.251 e. The fraction of sp³-hybridized carbons (Fsp3) is 0.647. The minimum absolute atomic E-state index is 0.0224. The molecule has 0 spiro atoms. The first-order valence-electron chi connectivity index (χ1n) is 8.08. The van der Waals surface area contributed by atoms with Crippen molar-refractivity contribution in [3.63, 3.8) is 0 Å². The molecular formula is C17H23N3O. The summed E-state index contributed by atoms with van der Waals surface area (Å²) in [5, 5.41) is 3.37. The first-order valence-corrected chi connectivity index (χ1v) is 8.08. The molecule has 5 rings (SSSR count). The Kier molecular flexibility index (Phi) is 2.78. The van der Waals surface area contributed by atoms with Gasteiger partial charge in [-0.2, -0.15) is 0 Å². The Labute approximate surface area is 125 Å². The van der Waals surface area contributed by atoms with Gasteiger partial charge < -0.3 is 11.1 Å². The van der Waals surface area contributed by atoms with Crippen LogP contribution < -0.4 is 11.1 Å². The second-order valence-electron chi connectivity index (χ2n) is 7.57. The number of anilines is 1. The predicted molar refractivity (Wildman–Crippen MR) is 81.8 cm³/mol. The summed E-state index contributed by atoms with van der Waals surface area (Å²) < 4.78 is 0. The van der Waals surface area contributed by atoms with Gasteiger partial charge in [0, 0.05) is 16.8 Å². The summed E-state index contributed by atoms with van der Waals surface area (Å²) in [6.07, 6.45) is 7.67. The molecular weight excluding hydrogens is 262 g/mol. The zero-order valence-electron chi connectivity index (χ0n) is 12.6. The van der Waals surface area contributed by atoms with Crippen LogP contribution in [-0.2, 0) is 0 Å². The van der Waals surface area contributed by atoms with E-state index in [-0.39, 0.29) is 11.4 Å². The second kappa shape index (κ2) is 4.46. The van der Waals surface area contributed by atoms with Crippen LogP contribution in [0.4, 0.5) is 5.82 Å². The van der Waals surface area contributed by atoms with Crippen LogP contribution in [0, 0.1) is 24.7 Å². The third-order valence-corrected chi connectivity index (χ3v) is 5.65. The number of pyridine rings is 1. The first kappa shape index (κ1) is 13.1. The Morgan fingerprint density at radius 3 is 2.29 bits per heavy atom. The molecule has 4 fully saturated rings. The summed E-state index contributed by atoms with van der Waals surface area (Å²) in [4.78, 5) is 16.8. The van der Waals surface area contributed by atoms with Crippen LogP contribution in [0.1, 0.15) is 54.6 Å². The molecule has 1 amide bonds. The van der Waals surface area contributed by atoms with E-state index in [1.807, 2.05) is 13.0 Å². The maximum Gasteiger partial charge on any atom is 0.251 e. The Balaban J connectivity index is 1.56. The number of nitrogens with two attached hydrogens (primary N) is 1. The average Bonchev–Trinajstić information content (AvgIpc) is 2.35. The van der Waals surface area contributed by atoms with Crippen molar-refractivity contribution in [2.24, 2.45) is 17.8 Å². The average molecular weight is 285 g/mol. The quantitative estimate of drug-likeness (QED) is 0.878. The van der Waals surface area contributed by atoms with E-state index in [4.69, 9.17) is 5.73 Å². The molecule has 4 aliphatic carbocycles. The van der Waals surface area contributed by atoms with Crippen LogP contribution >= 0.6 is 0 Å². The van der Waals surface area contributed by atoms with E-state index < -0.39 is 0 Å². The summed E-state index contributed by atoms with van der Waals surface area (Å²) >= 11 is 0. The van der Waals surface area contributed by atoms with E-state index in [1.165, 1.54) is 38.5 Å². The molecule has 4 nitrogen and oxygen atoms in total. The van der Waals surface area contributed by atoms with E-state index in [9.17, 15) is 4.79 Å². The molecule has 1 aromatic heterocycles. The number of aromatic nitrogens is 1. The molecule has 21 heavy (non-hydrogen) atoms. The molecule has 4 bridgehead atoms. The van der Waals surface area contributed by atoms with E-state index in [1.54, 1.807) is 6.07 Å². The van der Waals surface area contributed by atoms with E-state index in [0.717, 1.165) is 23.4 Å².